The monoisotopic (exact) mass is 480 g/mol. The number of carbonyl (C=O) groups is 1. The lowest BCUT2D eigenvalue weighted by Gasteiger charge is -2.25. The highest BCUT2D eigenvalue weighted by atomic mass is 32.1. The van der Waals surface area contributed by atoms with Gasteiger partial charge in [0.15, 0.2) is 5.69 Å². The van der Waals surface area contributed by atoms with Gasteiger partial charge in [-0.1, -0.05) is 13.8 Å². The third-order valence-corrected chi connectivity index (χ3v) is 7.12. The summed E-state index contributed by atoms with van der Waals surface area (Å²) in [7, 11) is 0. The number of nitrogens with zero attached hydrogens (tertiary/aromatic N) is 4. The average Bonchev–Trinajstić information content (AvgIpc) is 3.35. The number of hydrogen-bond donors (Lipinski definition) is 3. The zero-order chi connectivity index (χ0) is 23.7. The van der Waals surface area contributed by atoms with E-state index in [1.165, 1.54) is 19.1 Å². The smallest absolute Gasteiger partial charge is 0.277 e. The second-order valence-electron chi connectivity index (χ2n) is 9.77. The van der Waals surface area contributed by atoms with Crippen LogP contribution in [0.3, 0.4) is 0 Å². The molecule has 9 heteroatoms. The molecular weight excluding hydrogens is 448 g/mol. The van der Waals surface area contributed by atoms with Crippen LogP contribution in [0.1, 0.15) is 80.5 Å². The molecule has 8 nitrogen and oxygen atoms in total. The molecule has 1 amide bonds. The molecule has 0 unspecified atom stereocenters. The number of rotatable bonds is 8. The highest BCUT2D eigenvalue weighted by Gasteiger charge is 2.25. The molecule has 0 radical (unpaired) electrons. The number of anilines is 2. The largest absolute Gasteiger partial charge is 0.444 e. The molecule has 34 heavy (non-hydrogen) atoms. The fraction of sp³-hybridized carbons (Fsp3) is 0.520. The Morgan fingerprint density at radius 2 is 2.03 bits per heavy atom. The summed E-state index contributed by atoms with van der Waals surface area (Å²) in [6, 6.07) is 4.08. The minimum atomic E-state index is -0.309. The summed E-state index contributed by atoms with van der Waals surface area (Å²) in [5, 5.41) is 11.7. The molecule has 2 aliphatic rings. The van der Waals surface area contributed by atoms with Crippen molar-refractivity contribution in [2.45, 2.75) is 69.6 Å². The van der Waals surface area contributed by atoms with E-state index in [-0.39, 0.29) is 17.5 Å². The fourth-order valence-corrected chi connectivity index (χ4v) is 4.66. The number of amides is 1. The van der Waals surface area contributed by atoms with Gasteiger partial charge in [0.25, 0.3) is 5.91 Å². The number of aromatic nitrogens is 4. The van der Waals surface area contributed by atoms with Crippen LogP contribution >= 0.6 is 12.6 Å². The van der Waals surface area contributed by atoms with E-state index in [2.05, 4.69) is 47.1 Å². The van der Waals surface area contributed by atoms with Crippen molar-refractivity contribution in [3.05, 3.63) is 42.2 Å². The van der Waals surface area contributed by atoms with E-state index in [0.29, 0.717) is 17.2 Å². The van der Waals surface area contributed by atoms with Crippen LogP contribution in [-0.2, 0) is 0 Å². The Balaban J connectivity index is 1.29. The van der Waals surface area contributed by atoms with Gasteiger partial charge in [0.2, 0.25) is 5.89 Å². The first-order chi connectivity index (χ1) is 16.5. The van der Waals surface area contributed by atoms with Gasteiger partial charge < -0.3 is 15.1 Å². The number of oxazole rings is 1. The van der Waals surface area contributed by atoms with E-state index in [0.717, 1.165) is 60.9 Å². The van der Waals surface area contributed by atoms with Crippen LogP contribution in [-0.4, -0.2) is 37.5 Å². The zero-order valence-electron chi connectivity index (χ0n) is 19.7. The molecule has 0 aromatic carbocycles. The first-order valence-corrected chi connectivity index (χ1v) is 12.7. The van der Waals surface area contributed by atoms with Crippen molar-refractivity contribution in [3.8, 4) is 11.5 Å². The van der Waals surface area contributed by atoms with E-state index in [1.54, 1.807) is 6.20 Å². The van der Waals surface area contributed by atoms with E-state index in [4.69, 9.17) is 9.52 Å². The summed E-state index contributed by atoms with van der Waals surface area (Å²) in [4.78, 5) is 21.8. The Labute approximate surface area is 205 Å². The van der Waals surface area contributed by atoms with Crippen LogP contribution in [0, 0.1) is 5.92 Å². The third kappa shape index (κ3) is 5.29. The molecule has 3 aromatic rings. The van der Waals surface area contributed by atoms with Gasteiger partial charge in [0.05, 0.1) is 17.4 Å². The van der Waals surface area contributed by atoms with Crippen molar-refractivity contribution in [1.82, 2.24) is 19.7 Å². The minimum Gasteiger partial charge on any atom is -0.444 e. The maximum atomic E-state index is 13.0. The Hall–Kier alpha value is -2.81. The molecule has 2 aliphatic carbocycles. The van der Waals surface area contributed by atoms with Crippen LogP contribution in [0.15, 0.2) is 35.2 Å². The maximum absolute atomic E-state index is 13.0. The van der Waals surface area contributed by atoms with Gasteiger partial charge in [-0.05, 0) is 62.5 Å². The molecule has 2 saturated carbocycles. The Bertz CT molecular complexity index is 1140. The number of thiol groups is 1. The van der Waals surface area contributed by atoms with Crippen molar-refractivity contribution in [2.75, 3.05) is 17.2 Å². The van der Waals surface area contributed by atoms with Crippen LogP contribution in [0.4, 0.5) is 11.5 Å². The van der Waals surface area contributed by atoms with Gasteiger partial charge in [-0.25, -0.2) is 9.97 Å². The van der Waals surface area contributed by atoms with Gasteiger partial charge in [0, 0.05) is 29.8 Å². The van der Waals surface area contributed by atoms with Crippen LogP contribution in [0.5, 0.6) is 0 Å². The number of hydrogen-bond acceptors (Lipinski definition) is 7. The molecule has 0 saturated heterocycles. The molecule has 0 bridgehead atoms. The normalized spacial score (nSPS) is 20.5. The predicted molar refractivity (Wildman–Crippen MR) is 135 cm³/mol. The molecule has 3 aromatic heterocycles. The summed E-state index contributed by atoms with van der Waals surface area (Å²) >= 11 is 4.60. The minimum absolute atomic E-state index is 0.184. The summed E-state index contributed by atoms with van der Waals surface area (Å²) in [6.45, 7) is 5.09. The lowest BCUT2D eigenvalue weighted by molar-refractivity contribution is 0.102. The van der Waals surface area contributed by atoms with Crippen molar-refractivity contribution >= 4 is 30.0 Å². The quantitative estimate of drug-likeness (QED) is 0.366. The fourth-order valence-electron chi connectivity index (χ4n) is 4.37. The van der Waals surface area contributed by atoms with Crippen molar-refractivity contribution in [1.29, 1.82) is 0 Å². The molecule has 0 aliphatic heterocycles. The molecule has 0 atom stereocenters. The van der Waals surface area contributed by atoms with Gasteiger partial charge in [-0.2, -0.15) is 17.7 Å². The van der Waals surface area contributed by atoms with Gasteiger partial charge in [0.1, 0.15) is 12.1 Å². The molecule has 180 valence electrons. The van der Waals surface area contributed by atoms with Crippen molar-refractivity contribution < 1.29 is 9.21 Å². The summed E-state index contributed by atoms with van der Waals surface area (Å²) < 4.78 is 7.65. The SMILES string of the molecule is CC(C)c1nn(C2CCC(S)CC2)cc1NC(=O)c1coc(-c2ccnc(NCC3CC3)c2)n1. The highest BCUT2D eigenvalue weighted by Crippen LogP contribution is 2.33. The second-order valence-corrected chi connectivity index (χ2v) is 10.5. The lowest BCUT2D eigenvalue weighted by atomic mass is 9.95. The van der Waals surface area contributed by atoms with Gasteiger partial charge in [-0.15, -0.1) is 0 Å². The highest BCUT2D eigenvalue weighted by molar-refractivity contribution is 7.80. The van der Waals surface area contributed by atoms with Crippen molar-refractivity contribution in [3.63, 3.8) is 0 Å². The van der Waals surface area contributed by atoms with E-state index < -0.39 is 0 Å². The first kappa shape index (κ1) is 23.0. The third-order valence-electron chi connectivity index (χ3n) is 6.61. The molecule has 2 fully saturated rings. The van der Waals surface area contributed by atoms with E-state index >= 15 is 0 Å². The van der Waals surface area contributed by atoms with Gasteiger partial charge >= 0.3 is 0 Å². The number of carbonyl (C=O) groups excluding carboxylic acids is 1. The number of nitrogens with one attached hydrogen (secondary N) is 2. The van der Waals surface area contributed by atoms with E-state index in [1.807, 2.05) is 23.0 Å². The summed E-state index contributed by atoms with van der Waals surface area (Å²) in [6.07, 6.45) is 11.9. The standard InChI is InChI=1S/C25H32N6O2S/c1-15(2)23-20(13-31(30-23)18-5-7-19(34)8-6-18)28-24(32)21-14-33-25(29-21)17-9-10-26-22(11-17)27-12-16-3-4-16/h9-11,13-16,18-19,34H,3-8,12H2,1-2H3,(H,26,27)(H,28,32). The average molecular weight is 481 g/mol. The first-order valence-electron chi connectivity index (χ1n) is 12.2. The molecule has 2 N–H and O–H groups in total. The van der Waals surface area contributed by atoms with Crippen molar-refractivity contribution in [2.24, 2.45) is 5.92 Å². The zero-order valence-corrected chi connectivity index (χ0v) is 20.6. The Kier molecular flexibility index (Phi) is 6.63. The molecule has 0 spiro atoms. The summed E-state index contributed by atoms with van der Waals surface area (Å²) in [5.41, 5.74) is 2.62. The maximum Gasteiger partial charge on any atom is 0.277 e. The van der Waals surface area contributed by atoms with Crippen LogP contribution in [0.2, 0.25) is 0 Å². The number of pyridine rings is 1. The Morgan fingerprint density at radius 3 is 2.76 bits per heavy atom. The van der Waals surface area contributed by atoms with E-state index in [9.17, 15) is 4.79 Å². The summed E-state index contributed by atoms with van der Waals surface area (Å²) in [5.74, 6) is 1.81. The second kappa shape index (κ2) is 9.82. The predicted octanol–water partition coefficient (Wildman–Crippen LogP) is 5.54. The molecule has 5 rings (SSSR count). The van der Waals surface area contributed by atoms with Gasteiger partial charge in [-0.3, -0.25) is 9.48 Å². The lowest BCUT2D eigenvalue weighted by Crippen LogP contribution is -2.18. The molecule has 3 heterocycles. The topological polar surface area (TPSA) is 97.9 Å². The Morgan fingerprint density at radius 1 is 1.24 bits per heavy atom. The van der Waals surface area contributed by atoms with Crippen LogP contribution < -0.4 is 10.6 Å². The molecular formula is C25H32N6O2S. The van der Waals surface area contributed by atoms with Crippen LogP contribution in [0.25, 0.3) is 11.5 Å².